The molecule has 98 valence electrons. The molecule has 18 heavy (non-hydrogen) atoms. The number of carbonyl (C=O) groups is 2. The standard InChI is InChI=1S/C13H16BrNO3/c1-4-18-13(17)9(3)15-12(16)10-6-5-7-11(14)8(10)2/h5-7,9H,4H2,1-3H3,(H,15,16). The fourth-order valence-corrected chi connectivity index (χ4v) is 1.82. The highest BCUT2D eigenvalue weighted by atomic mass is 79.9. The second-order valence-electron chi connectivity index (χ2n) is 3.86. The van der Waals surface area contributed by atoms with Gasteiger partial charge in [-0.25, -0.2) is 4.79 Å². The van der Waals surface area contributed by atoms with Crippen molar-refractivity contribution in [1.29, 1.82) is 0 Å². The second kappa shape index (κ2) is 6.54. The first kappa shape index (κ1) is 14.7. The average Bonchev–Trinajstić information content (AvgIpc) is 2.32. The molecule has 0 bridgehead atoms. The van der Waals surface area contributed by atoms with Gasteiger partial charge >= 0.3 is 5.97 Å². The fraction of sp³-hybridized carbons (Fsp3) is 0.385. The van der Waals surface area contributed by atoms with E-state index in [0.717, 1.165) is 10.0 Å². The van der Waals surface area contributed by atoms with Crippen LogP contribution in [0.15, 0.2) is 22.7 Å². The number of benzene rings is 1. The zero-order valence-electron chi connectivity index (χ0n) is 10.6. The number of halogens is 1. The van der Waals surface area contributed by atoms with Crippen molar-refractivity contribution < 1.29 is 14.3 Å². The van der Waals surface area contributed by atoms with E-state index < -0.39 is 12.0 Å². The van der Waals surface area contributed by atoms with Gasteiger partial charge < -0.3 is 10.1 Å². The SMILES string of the molecule is CCOC(=O)C(C)NC(=O)c1cccc(Br)c1C. The number of carbonyl (C=O) groups excluding carboxylic acids is 2. The minimum atomic E-state index is -0.657. The second-order valence-corrected chi connectivity index (χ2v) is 4.71. The molecule has 0 heterocycles. The van der Waals surface area contributed by atoms with Crippen LogP contribution in [-0.2, 0) is 9.53 Å². The van der Waals surface area contributed by atoms with Crippen molar-refractivity contribution in [1.82, 2.24) is 5.32 Å². The van der Waals surface area contributed by atoms with Crippen molar-refractivity contribution in [3.05, 3.63) is 33.8 Å². The first-order valence-corrected chi connectivity index (χ1v) is 6.49. The summed E-state index contributed by atoms with van der Waals surface area (Å²) >= 11 is 3.36. The molecule has 0 saturated carbocycles. The van der Waals surface area contributed by atoms with Gasteiger partial charge in [0.15, 0.2) is 0 Å². The topological polar surface area (TPSA) is 55.4 Å². The Morgan fingerprint density at radius 1 is 1.44 bits per heavy atom. The number of esters is 1. The lowest BCUT2D eigenvalue weighted by Gasteiger charge is -2.14. The molecule has 0 spiro atoms. The van der Waals surface area contributed by atoms with Crippen molar-refractivity contribution >= 4 is 27.8 Å². The van der Waals surface area contributed by atoms with Crippen molar-refractivity contribution in [3.8, 4) is 0 Å². The summed E-state index contributed by atoms with van der Waals surface area (Å²) < 4.78 is 5.69. The van der Waals surface area contributed by atoms with Crippen LogP contribution < -0.4 is 5.32 Å². The molecule has 4 nitrogen and oxygen atoms in total. The normalized spacial score (nSPS) is 11.8. The molecule has 0 aliphatic carbocycles. The zero-order chi connectivity index (χ0) is 13.7. The molecule has 0 radical (unpaired) electrons. The van der Waals surface area contributed by atoms with E-state index in [0.29, 0.717) is 12.2 Å². The summed E-state index contributed by atoms with van der Waals surface area (Å²) in [5, 5.41) is 2.61. The van der Waals surface area contributed by atoms with Crippen molar-refractivity contribution in [2.45, 2.75) is 26.8 Å². The van der Waals surface area contributed by atoms with E-state index in [2.05, 4.69) is 21.2 Å². The Morgan fingerprint density at radius 2 is 2.11 bits per heavy atom. The Bertz CT molecular complexity index is 460. The molecule has 1 amide bonds. The van der Waals surface area contributed by atoms with Gasteiger partial charge in [0.2, 0.25) is 0 Å². The summed E-state index contributed by atoms with van der Waals surface area (Å²) in [6.45, 7) is 5.47. The van der Waals surface area contributed by atoms with Crippen LogP contribution in [0.3, 0.4) is 0 Å². The van der Waals surface area contributed by atoms with Crippen LogP contribution in [0.25, 0.3) is 0 Å². The van der Waals surface area contributed by atoms with Gasteiger partial charge in [0.05, 0.1) is 6.61 Å². The summed E-state index contributed by atoms with van der Waals surface area (Å²) in [5.74, 6) is -0.715. The molecular weight excluding hydrogens is 298 g/mol. The van der Waals surface area contributed by atoms with Gasteiger partial charge in [-0.15, -0.1) is 0 Å². The number of hydrogen-bond donors (Lipinski definition) is 1. The fourth-order valence-electron chi connectivity index (χ4n) is 1.45. The van der Waals surface area contributed by atoms with E-state index in [1.165, 1.54) is 0 Å². The van der Waals surface area contributed by atoms with Crippen molar-refractivity contribution in [2.75, 3.05) is 6.61 Å². The lowest BCUT2D eigenvalue weighted by Crippen LogP contribution is -2.39. The van der Waals surface area contributed by atoms with Gasteiger partial charge in [0.25, 0.3) is 5.91 Å². The van der Waals surface area contributed by atoms with Crippen LogP contribution in [0.2, 0.25) is 0 Å². The van der Waals surface area contributed by atoms with Crippen LogP contribution in [0.1, 0.15) is 29.8 Å². The van der Waals surface area contributed by atoms with Crippen LogP contribution >= 0.6 is 15.9 Å². The van der Waals surface area contributed by atoms with Gasteiger partial charge in [-0.1, -0.05) is 22.0 Å². The summed E-state index contributed by atoms with van der Waals surface area (Å²) in [7, 11) is 0. The number of amides is 1. The first-order valence-electron chi connectivity index (χ1n) is 5.70. The highest BCUT2D eigenvalue weighted by Gasteiger charge is 2.18. The summed E-state index contributed by atoms with van der Waals surface area (Å²) in [6.07, 6.45) is 0. The number of hydrogen-bond acceptors (Lipinski definition) is 3. The molecule has 1 unspecified atom stereocenters. The average molecular weight is 314 g/mol. The smallest absolute Gasteiger partial charge is 0.328 e. The van der Waals surface area contributed by atoms with E-state index in [1.807, 2.05) is 13.0 Å². The molecule has 0 aromatic heterocycles. The molecule has 0 aliphatic rings. The molecular formula is C13H16BrNO3. The lowest BCUT2D eigenvalue weighted by atomic mass is 10.1. The maximum Gasteiger partial charge on any atom is 0.328 e. The monoisotopic (exact) mass is 313 g/mol. The predicted octanol–water partition coefficient (Wildman–Crippen LogP) is 2.44. The minimum Gasteiger partial charge on any atom is -0.464 e. The summed E-state index contributed by atoms with van der Waals surface area (Å²) in [4.78, 5) is 23.4. The molecule has 1 aromatic carbocycles. The maximum absolute atomic E-state index is 12.0. The maximum atomic E-state index is 12.0. The molecule has 1 rings (SSSR count). The molecule has 0 fully saturated rings. The third-order valence-electron chi connectivity index (χ3n) is 2.50. The van der Waals surface area contributed by atoms with E-state index >= 15 is 0 Å². The first-order chi connectivity index (χ1) is 8.47. The van der Waals surface area contributed by atoms with Crippen LogP contribution in [0.4, 0.5) is 0 Å². The molecule has 1 N–H and O–H groups in total. The number of rotatable bonds is 4. The van der Waals surface area contributed by atoms with Crippen LogP contribution in [-0.4, -0.2) is 24.5 Å². The molecule has 0 saturated heterocycles. The Hall–Kier alpha value is -1.36. The van der Waals surface area contributed by atoms with Crippen molar-refractivity contribution in [3.63, 3.8) is 0 Å². The number of ether oxygens (including phenoxy) is 1. The van der Waals surface area contributed by atoms with Crippen LogP contribution in [0, 0.1) is 6.92 Å². The highest BCUT2D eigenvalue weighted by Crippen LogP contribution is 2.19. The summed E-state index contributed by atoms with van der Waals surface area (Å²) in [6, 6.07) is 4.70. The predicted molar refractivity (Wildman–Crippen MR) is 72.4 cm³/mol. The molecule has 1 atom stereocenters. The quantitative estimate of drug-likeness (QED) is 0.869. The largest absolute Gasteiger partial charge is 0.464 e. The minimum absolute atomic E-state index is 0.283. The van der Waals surface area contributed by atoms with E-state index in [4.69, 9.17) is 4.74 Å². The van der Waals surface area contributed by atoms with Gasteiger partial charge in [0, 0.05) is 10.0 Å². The van der Waals surface area contributed by atoms with Gasteiger partial charge in [-0.05, 0) is 38.5 Å². The zero-order valence-corrected chi connectivity index (χ0v) is 12.2. The Labute approximate surface area is 115 Å². The lowest BCUT2D eigenvalue weighted by molar-refractivity contribution is -0.144. The molecule has 0 aliphatic heterocycles. The Morgan fingerprint density at radius 3 is 2.72 bits per heavy atom. The van der Waals surface area contributed by atoms with Gasteiger partial charge in [0.1, 0.15) is 6.04 Å². The molecule has 1 aromatic rings. The van der Waals surface area contributed by atoms with E-state index in [-0.39, 0.29) is 5.91 Å². The Kier molecular flexibility index (Phi) is 5.34. The summed E-state index contributed by atoms with van der Waals surface area (Å²) in [5.41, 5.74) is 1.38. The third-order valence-corrected chi connectivity index (χ3v) is 3.36. The highest BCUT2D eigenvalue weighted by molar-refractivity contribution is 9.10. The number of nitrogens with one attached hydrogen (secondary N) is 1. The van der Waals surface area contributed by atoms with Crippen molar-refractivity contribution in [2.24, 2.45) is 0 Å². The Balaban J connectivity index is 2.77. The molecule has 5 heteroatoms. The van der Waals surface area contributed by atoms with Crippen LogP contribution in [0.5, 0.6) is 0 Å². The van der Waals surface area contributed by atoms with E-state index in [9.17, 15) is 9.59 Å². The van der Waals surface area contributed by atoms with Gasteiger partial charge in [-0.2, -0.15) is 0 Å². The van der Waals surface area contributed by atoms with Gasteiger partial charge in [-0.3, -0.25) is 4.79 Å². The third kappa shape index (κ3) is 3.57. The van der Waals surface area contributed by atoms with E-state index in [1.54, 1.807) is 26.0 Å².